The van der Waals surface area contributed by atoms with Gasteiger partial charge in [-0.2, -0.15) is 10.5 Å². The van der Waals surface area contributed by atoms with Gasteiger partial charge in [-0.1, -0.05) is 36.4 Å². The van der Waals surface area contributed by atoms with Crippen LogP contribution in [0.25, 0.3) is 10.6 Å². The van der Waals surface area contributed by atoms with Crippen LogP contribution in [-0.4, -0.2) is 24.0 Å². The summed E-state index contributed by atoms with van der Waals surface area (Å²) in [5.74, 6) is -0.195. The molecule has 1 saturated heterocycles. The second-order valence-electron chi connectivity index (χ2n) is 7.43. The average molecular weight is 428 g/mol. The number of hydrogen-bond donors (Lipinski definition) is 1. The average Bonchev–Trinajstić information content (AvgIpc) is 3.31. The van der Waals surface area contributed by atoms with Crippen molar-refractivity contribution in [1.82, 2.24) is 4.98 Å². The van der Waals surface area contributed by atoms with Crippen molar-refractivity contribution < 1.29 is 4.79 Å². The Morgan fingerprint density at radius 3 is 2.65 bits per heavy atom. The van der Waals surface area contributed by atoms with E-state index >= 15 is 0 Å². The Balaban J connectivity index is 1.57. The van der Waals surface area contributed by atoms with Gasteiger partial charge in [0.25, 0.3) is 5.91 Å². The van der Waals surface area contributed by atoms with E-state index in [9.17, 15) is 4.79 Å². The van der Waals surface area contributed by atoms with Crippen molar-refractivity contribution in [3.63, 3.8) is 0 Å². The van der Waals surface area contributed by atoms with Crippen molar-refractivity contribution in [3.05, 3.63) is 65.2 Å². The maximum absolute atomic E-state index is 13.0. The number of amides is 1. The Morgan fingerprint density at radius 1 is 1.16 bits per heavy atom. The van der Waals surface area contributed by atoms with Gasteiger partial charge in [0.2, 0.25) is 0 Å². The van der Waals surface area contributed by atoms with Crippen LogP contribution in [0.1, 0.15) is 28.9 Å². The van der Waals surface area contributed by atoms with Gasteiger partial charge in [0, 0.05) is 30.0 Å². The van der Waals surface area contributed by atoms with Crippen LogP contribution in [0.4, 0.5) is 11.4 Å². The molecule has 0 unspecified atom stereocenters. The molecular weight excluding hydrogens is 406 g/mol. The fourth-order valence-electron chi connectivity index (χ4n) is 3.69. The SMILES string of the molecule is N#CCc1ccc(N2CCC(C#N)CC2)c(NC(=O)c2csc(-c3ccccc3)n2)c1. The van der Waals surface area contributed by atoms with Crippen LogP contribution in [0.2, 0.25) is 0 Å². The van der Waals surface area contributed by atoms with Crippen molar-refractivity contribution in [1.29, 1.82) is 10.5 Å². The number of anilines is 2. The lowest BCUT2D eigenvalue weighted by molar-refractivity contribution is 0.102. The smallest absolute Gasteiger partial charge is 0.275 e. The Hall–Kier alpha value is -3.68. The van der Waals surface area contributed by atoms with E-state index in [1.165, 1.54) is 11.3 Å². The molecule has 1 aromatic heterocycles. The zero-order chi connectivity index (χ0) is 21.6. The lowest BCUT2D eigenvalue weighted by atomic mass is 9.97. The van der Waals surface area contributed by atoms with Crippen molar-refractivity contribution in [2.45, 2.75) is 19.3 Å². The summed E-state index contributed by atoms with van der Waals surface area (Å²) in [4.78, 5) is 19.7. The van der Waals surface area contributed by atoms with Gasteiger partial charge in [0.15, 0.2) is 0 Å². The van der Waals surface area contributed by atoms with E-state index < -0.39 is 0 Å². The highest BCUT2D eigenvalue weighted by atomic mass is 32.1. The van der Waals surface area contributed by atoms with E-state index in [1.807, 2.05) is 48.5 Å². The minimum absolute atomic E-state index is 0.0820. The molecule has 31 heavy (non-hydrogen) atoms. The number of carbonyl (C=O) groups excluding carboxylic acids is 1. The summed E-state index contributed by atoms with van der Waals surface area (Å²) in [5.41, 5.74) is 3.76. The van der Waals surface area contributed by atoms with Gasteiger partial charge in [-0.3, -0.25) is 4.79 Å². The van der Waals surface area contributed by atoms with Crippen LogP contribution in [0.15, 0.2) is 53.9 Å². The fraction of sp³-hybridized carbons (Fsp3) is 0.250. The van der Waals surface area contributed by atoms with E-state index in [4.69, 9.17) is 10.5 Å². The zero-order valence-corrected chi connectivity index (χ0v) is 17.7. The van der Waals surface area contributed by atoms with Gasteiger partial charge >= 0.3 is 0 Å². The highest BCUT2D eigenvalue weighted by molar-refractivity contribution is 7.13. The zero-order valence-electron chi connectivity index (χ0n) is 16.9. The van der Waals surface area contributed by atoms with E-state index in [-0.39, 0.29) is 18.2 Å². The van der Waals surface area contributed by atoms with Gasteiger partial charge in [0.05, 0.1) is 29.9 Å². The van der Waals surface area contributed by atoms with Gasteiger partial charge in [-0.25, -0.2) is 4.98 Å². The van der Waals surface area contributed by atoms with Crippen LogP contribution in [-0.2, 0) is 6.42 Å². The number of aromatic nitrogens is 1. The van der Waals surface area contributed by atoms with E-state index in [0.717, 1.165) is 47.8 Å². The number of hydrogen-bond acceptors (Lipinski definition) is 6. The number of nitrogens with one attached hydrogen (secondary N) is 1. The minimum Gasteiger partial charge on any atom is -0.370 e. The molecule has 0 radical (unpaired) electrons. The van der Waals surface area contributed by atoms with Gasteiger partial charge < -0.3 is 10.2 Å². The third kappa shape index (κ3) is 4.74. The van der Waals surface area contributed by atoms with Crippen LogP contribution >= 0.6 is 11.3 Å². The number of nitriles is 2. The van der Waals surface area contributed by atoms with Gasteiger partial charge in [-0.15, -0.1) is 11.3 Å². The highest BCUT2D eigenvalue weighted by Gasteiger charge is 2.22. The predicted octanol–water partition coefficient (Wildman–Crippen LogP) is 4.87. The van der Waals surface area contributed by atoms with Crippen LogP contribution in [0.5, 0.6) is 0 Å². The normalized spacial score (nSPS) is 13.9. The quantitative estimate of drug-likeness (QED) is 0.627. The molecule has 0 aliphatic carbocycles. The monoisotopic (exact) mass is 427 g/mol. The summed E-state index contributed by atoms with van der Waals surface area (Å²) in [6.07, 6.45) is 1.88. The molecule has 7 heteroatoms. The minimum atomic E-state index is -0.277. The molecule has 1 fully saturated rings. The Bertz CT molecular complexity index is 1150. The number of benzene rings is 2. The molecule has 4 rings (SSSR count). The molecule has 1 amide bonds. The molecule has 0 saturated carbocycles. The summed E-state index contributed by atoms with van der Waals surface area (Å²) in [6, 6.07) is 20.0. The van der Waals surface area contributed by atoms with Crippen LogP contribution in [0, 0.1) is 28.6 Å². The summed E-state index contributed by atoms with van der Waals surface area (Å²) in [6.45, 7) is 1.51. The first kappa shape index (κ1) is 20.6. The largest absolute Gasteiger partial charge is 0.370 e. The summed E-state index contributed by atoms with van der Waals surface area (Å²) < 4.78 is 0. The lowest BCUT2D eigenvalue weighted by Gasteiger charge is -2.32. The Kier molecular flexibility index (Phi) is 6.26. The first-order valence-corrected chi connectivity index (χ1v) is 11.0. The number of carbonyl (C=O) groups is 1. The fourth-order valence-corrected chi connectivity index (χ4v) is 4.49. The Labute approximate surface area is 185 Å². The highest BCUT2D eigenvalue weighted by Crippen LogP contribution is 2.32. The molecule has 1 N–H and O–H groups in total. The molecule has 1 aliphatic heterocycles. The molecule has 0 spiro atoms. The topological polar surface area (TPSA) is 92.8 Å². The van der Waals surface area contributed by atoms with Crippen molar-refractivity contribution in [3.8, 4) is 22.7 Å². The molecule has 2 heterocycles. The predicted molar refractivity (Wildman–Crippen MR) is 122 cm³/mol. The Morgan fingerprint density at radius 2 is 1.94 bits per heavy atom. The summed E-state index contributed by atoms with van der Waals surface area (Å²) in [5, 5.41) is 23.8. The molecule has 0 bridgehead atoms. The summed E-state index contributed by atoms with van der Waals surface area (Å²) in [7, 11) is 0. The van der Waals surface area contributed by atoms with Gasteiger partial charge in [-0.05, 0) is 30.5 Å². The van der Waals surface area contributed by atoms with E-state index in [2.05, 4.69) is 27.3 Å². The maximum Gasteiger partial charge on any atom is 0.275 e. The maximum atomic E-state index is 13.0. The standard InChI is InChI=1S/C24H21N5OS/c25-11-8-17-6-7-22(29-12-9-18(15-26)10-13-29)20(14-17)27-23(30)21-16-31-24(28-21)19-4-2-1-3-5-19/h1-7,14,16,18H,8-10,12-13H2,(H,27,30). The van der Waals surface area contributed by atoms with Crippen molar-refractivity contribution in [2.75, 3.05) is 23.3 Å². The molecule has 154 valence electrons. The number of rotatable bonds is 5. The van der Waals surface area contributed by atoms with Gasteiger partial charge in [0.1, 0.15) is 10.7 Å². The van der Waals surface area contributed by atoms with Crippen LogP contribution in [0.3, 0.4) is 0 Å². The first-order chi connectivity index (χ1) is 15.2. The molecule has 6 nitrogen and oxygen atoms in total. The molecule has 0 atom stereocenters. The van der Waals surface area contributed by atoms with E-state index in [1.54, 1.807) is 5.38 Å². The van der Waals surface area contributed by atoms with Crippen LogP contribution < -0.4 is 10.2 Å². The second kappa shape index (κ2) is 9.42. The third-order valence-electron chi connectivity index (χ3n) is 5.37. The number of piperidine rings is 1. The molecular formula is C24H21N5OS. The second-order valence-corrected chi connectivity index (χ2v) is 8.29. The third-order valence-corrected chi connectivity index (χ3v) is 6.26. The number of thiazole rings is 1. The molecule has 1 aliphatic rings. The van der Waals surface area contributed by atoms with Crippen molar-refractivity contribution in [2.24, 2.45) is 5.92 Å². The lowest BCUT2D eigenvalue weighted by Crippen LogP contribution is -2.34. The molecule has 2 aromatic carbocycles. The number of nitrogens with zero attached hydrogens (tertiary/aromatic N) is 4. The first-order valence-electron chi connectivity index (χ1n) is 10.1. The van der Waals surface area contributed by atoms with E-state index in [0.29, 0.717) is 11.4 Å². The van der Waals surface area contributed by atoms with Crippen molar-refractivity contribution >= 4 is 28.6 Å². The molecule has 3 aromatic rings. The summed E-state index contributed by atoms with van der Waals surface area (Å²) >= 11 is 1.43.